The zero-order valence-electron chi connectivity index (χ0n) is 22.0. The van der Waals surface area contributed by atoms with Crippen LogP contribution in [-0.4, -0.2) is 52.8 Å². The number of rotatable bonds is 7. The van der Waals surface area contributed by atoms with Gasteiger partial charge in [0.15, 0.2) is 17.0 Å². The number of benzene rings is 2. The molecule has 0 amide bonds. The molecule has 0 unspecified atom stereocenters. The Bertz CT molecular complexity index is 1780. The van der Waals surface area contributed by atoms with Crippen LogP contribution in [0.25, 0.3) is 33.7 Å². The Labute approximate surface area is 228 Å². The van der Waals surface area contributed by atoms with Gasteiger partial charge in [0.1, 0.15) is 12.4 Å². The van der Waals surface area contributed by atoms with Gasteiger partial charge < -0.3 is 9.30 Å². The van der Waals surface area contributed by atoms with E-state index >= 15 is 0 Å². The lowest BCUT2D eigenvalue weighted by molar-refractivity contribution is -0.141. The molecule has 1 saturated carbocycles. The molecule has 0 spiro atoms. The van der Waals surface area contributed by atoms with Crippen LogP contribution in [0.15, 0.2) is 58.1 Å². The summed E-state index contributed by atoms with van der Waals surface area (Å²) in [5, 5.41) is 14.3. The minimum absolute atomic E-state index is 0.156. The van der Waals surface area contributed by atoms with E-state index in [1.807, 2.05) is 53.1 Å². The Hall–Kier alpha value is -4.87. The van der Waals surface area contributed by atoms with E-state index in [0.29, 0.717) is 12.4 Å². The number of aromatic amines is 2. The van der Waals surface area contributed by atoms with E-state index in [0.717, 1.165) is 60.2 Å². The molecule has 12 nitrogen and oxygen atoms in total. The largest absolute Gasteiger partial charge is 0.468 e. The molecule has 204 valence electrons. The van der Waals surface area contributed by atoms with Crippen LogP contribution in [0.1, 0.15) is 49.4 Å². The molecule has 0 saturated heterocycles. The van der Waals surface area contributed by atoms with Crippen LogP contribution in [0.4, 0.5) is 0 Å². The van der Waals surface area contributed by atoms with Gasteiger partial charge in [0, 0.05) is 18.0 Å². The molecular weight excluding hydrogens is 512 g/mol. The highest BCUT2D eigenvalue weighted by molar-refractivity contribution is 5.80. The van der Waals surface area contributed by atoms with Gasteiger partial charge in [-0.3, -0.25) is 19.1 Å². The summed E-state index contributed by atoms with van der Waals surface area (Å²) in [6.45, 7) is 0.0499. The quantitative estimate of drug-likeness (QED) is 0.299. The lowest BCUT2D eigenvalue weighted by atomic mass is 9.88. The number of hydrogen-bond acceptors (Lipinski definition) is 8. The molecule has 6 rings (SSSR count). The summed E-state index contributed by atoms with van der Waals surface area (Å²) < 4.78 is 7.87. The third kappa shape index (κ3) is 4.72. The molecule has 3 aromatic heterocycles. The van der Waals surface area contributed by atoms with Gasteiger partial charge in [-0.15, -0.1) is 5.10 Å². The van der Waals surface area contributed by atoms with E-state index in [2.05, 4.69) is 25.6 Å². The molecule has 0 atom stereocenters. The van der Waals surface area contributed by atoms with Crippen LogP contribution >= 0.6 is 0 Å². The first-order valence-electron chi connectivity index (χ1n) is 13.3. The van der Waals surface area contributed by atoms with Crippen molar-refractivity contribution < 1.29 is 9.53 Å². The maximum Gasteiger partial charge on any atom is 0.330 e. The van der Waals surface area contributed by atoms with Gasteiger partial charge in [0.05, 0.1) is 7.11 Å². The van der Waals surface area contributed by atoms with Gasteiger partial charge in [-0.1, -0.05) is 67.8 Å². The fourth-order valence-electron chi connectivity index (χ4n) is 5.55. The molecule has 0 bridgehead atoms. The highest BCUT2D eigenvalue weighted by Crippen LogP contribution is 2.34. The number of H-pyrrole nitrogens is 2. The summed E-state index contributed by atoms with van der Waals surface area (Å²) >= 11 is 0. The number of fused-ring (bicyclic) bond motifs is 1. The number of nitrogens with zero attached hydrogens (tertiary/aromatic N) is 6. The topological polar surface area (TPSA) is 153 Å². The van der Waals surface area contributed by atoms with Crippen molar-refractivity contribution in [2.75, 3.05) is 7.11 Å². The molecule has 3 heterocycles. The molecule has 5 aromatic rings. The van der Waals surface area contributed by atoms with Crippen LogP contribution in [0, 0.1) is 0 Å². The Balaban J connectivity index is 1.42. The van der Waals surface area contributed by atoms with Crippen molar-refractivity contribution >= 4 is 17.1 Å². The van der Waals surface area contributed by atoms with Crippen molar-refractivity contribution in [3.8, 4) is 22.5 Å². The number of carbonyl (C=O) groups is 1. The SMILES string of the molecule is COC(=O)Cn1c(=O)[nH]c(=O)c2c1nc(C1CCCCC1)n2Cc1ccc(-c2ccccc2-c2nnn[nH]2)cc1. The second-order valence-corrected chi connectivity index (χ2v) is 9.98. The van der Waals surface area contributed by atoms with Gasteiger partial charge in [-0.05, 0) is 40.0 Å². The molecule has 12 heteroatoms. The van der Waals surface area contributed by atoms with Gasteiger partial charge in [0.25, 0.3) is 5.56 Å². The monoisotopic (exact) mass is 540 g/mol. The van der Waals surface area contributed by atoms with Gasteiger partial charge in [-0.25, -0.2) is 14.9 Å². The van der Waals surface area contributed by atoms with Crippen molar-refractivity contribution in [3.63, 3.8) is 0 Å². The number of aromatic nitrogens is 8. The summed E-state index contributed by atoms with van der Waals surface area (Å²) in [6, 6.07) is 15.9. The summed E-state index contributed by atoms with van der Waals surface area (Å²) in [5.41, 5.74) is 3.08. The van der Waals surface area contributed by atoms with E-state index in [4.69, 9.17) is 9.72 Å². The number of carbonyl (C=O) groups excluding carboxylic acids is 1. The fraction of sp³-hybridized carbons (Fsp3) is 0.321. The standard InChI is InChI=1S/C28H28N8O4/c1-40-22(37)16-36-26-23(27(38)30-28(36)39)35(25(29-26)19-7-3-2-4-8-19)15-17-11-13-18(14-12-17)20-9-5-6-10-21(20)24-31-33-34-32-24/h5-6,9-14,19H,2-4,7-8,15-16H2,1H3,(H,30,38,39)(H,31,32,33,34). The minimum Gasteiger partial charge on any atom is -0.468 e. The van der Waals surface area contributed by atoms with Crippen LogP contribution < -0.4 is 11.2 Å². The smallest absolute Gasteiger partial charge is 0.330 e. The predicted octanol–water partition coefficient (Wildman–Crippen LogP) is 3.00. The van der Waals surface area contributed by atoms with Gasteiger partial charge in [-0.2, -0.15) is 0 Å². The number of methoxy groups -OCH3 is 1. The highest BCUT2D eigenvalue weighted by Gasteiger charge is 2.26. The maximum absolute atomic E-state index is 13.1. The first-order chi connectivity index (χ1) is 19.5. The van der Waals surface area contributed by atoms with Crippen molar-refractivity contribution in [3.05, 3.63) is 80.8 Å². The molecular formula is C28H28N8O4. The van der Waals surface area contributed by atoms with Crippen LogP contribution in [0.5, 0.6) is 0 Å². The fourth-order valence-corrected chi connectivity index (χ4v) is 5.55. The second kappa shape index (κ2) is 10.7. The van der Waals surface area contributed by atoms with Crippen LogP contribution in [0.2, 0.25) is 0 Å². The molecule has 40 heavy (non-hydrogen) atoms. The average Bonchev–Trinajstić information content (AvgIpc) is 3.65. The summed E-state index contributed by atoms with van der Waals surface area (Å²) in [7, 11) is 1.26. The first kappa shape index (κ1) is 25.4. The third-order valence-corrected chi connectivity index (χ3v) is 7.53. The van der Waals surface area contributed by atoms with Crippen molar-refractivity contribution in [2.24, 2.45) is 0 Å². The number of nitrogens with one attached hydrogen (secondary N) is 2. The summed E-state index contributed by atoms with van der Waals surface area (Å²) in [6.07, 6.45) is 5.22. The van der Waals surface area contributed by atoms with Crippen LogP contribution in [0.3, 0.4) is 0 Å². The van der Waals surface area contributed by atoms with Gasteiger partial charge >= 0.3 is 11.7 Å². The number of imidazole rings is 1. The van der Waals surface area contributed by atoms with Crippen molar-refractivity contribution in [1.82, 2.24) is 39.7 Å². The normalized spacial score (nSPS) is 14.0. The molecule has 2 N–H and O–H groups in total. The summed E-state index contributed by atoms with van der Waals surface area (Å²) in [4.78, 5) is 45.1. The van der Waals surface area contributed by atoms with E-state index < -0.39 is 17.2 Å². The predicted molar refractivity (Wildman–Crippen MR) is 147 cm³/mol. The lowest BCUT2D eigenvalue weighted by Crippen LogP contribution is -2.33. The Morgan fingerprint density at radius 3 is 2.45 bits per heavy atom. The highest BCUT2D eigenvalue weighted by atomic mass is 16.5. The van der Waals surface area contributed by atoms with E-state index in [9.17, 15) is 14.4 Å². The molecule has 0 aliphatic heterocycles. The van der Waals surface area contributed by atoms with Crippen molar-refractivity contribution in [1.29, 1.82) is 0 Å². The maximum atomic E-state index is 13.1. The molecule has 1 aliphatic carbocycles. The van der Waals surface area contributed by atoms with Crippen LogP contribution in [-0.2, 0) is 22.6 Å². The summed E-state index contributed by atoms with van der Waals surface area (Å²) in [5.74, 6) is 0.903. The Morgan fingerprint density at radius 1 is 1.00 bits per heavy atom. The number of ether oxygens (including phenoxy) is 1. The van der Waals surface area contributed by atoms with Gasteiger partial charge in [0.2, 0.25) is 0 Å². The first-order valence-corrected chi connectivity index (χ1v) is 13.3. The van der Waals surface area contributed by atoms with E-state index in [1.54, 1.807) is 0 Å². The zero-order valence-corrected chi connectivity index (χ0v) is 22.0. The molecule has 0 radical (unpaired) electrons. The molecule has 1 fully saturated rings. The number of tetrazole rings is 1. The Kier molecular flexibility index (Phi) is 6.81. The minimum atomic E-state index is -0.687. The zero-order chi connectivity index (χ0) is 27.6. The number of esters is 1. The van der Waals surface area contributed by atoms with E-state index in [-0.39, 0.29) is 23.6 Å². The lowest BCUT2D eigenvalue weighted by Gasteiger charge is -2.22. The molecule has 2 aromatic carbocycles. The molecule has 1 aliphatic rings. The average molecular weight is 541 g/mol. The number of hydrogen-bond donors (Lipinski definition) is 2. The Morgan fingerprint density at radius 2 is 1.75 bits per heavy atom. The second-order valence-electron chi connectivity index (χ2n) is 9.98. The van der Waals surface area contributed by atoms with E-state index in [1.165, 1.54) is 11.7 Å². The van der Waals surface area contributed by atoms with Crippen molar-refractivity contribution in [2.45, 2.75) is 51.1 Å². The third-order valence-electron chi connectivity index (χ3n) is 7.53.